The second-order valence-corrected chi connectivity index (χ2v) is 5.86. The predicted octanol–water partition coefficient (Wildman–Crippen LogP) is 3.31. The van der Waals surface area contributed by atoms with E-state index in [1.165, 1.54) is 4.90 Å². The summed E-state index contributed by atoms with van der Waals surface area (Å²) in [5, 5.41) is 0.482. The molecule has 0 spiro atoms. The number of carbonyl (C=O) groups is 2. The number of anilines is 1. The molecule has 1 saturated heterocycles. The van der Waals surface area contributed by atoms with E-state index in [-0.39, 0.29) is 18.9 Å². The fourth-order valence-electron chi connectivity index (χ4n) is 2.61. The van der Waals surface area contributed by atoms with E-state index in [4.69, 9.17) is 21.1 Å². The summed E-state index contributed by atoms with van der Waals surface area (Å²) in [5.41, 5.74) is 0.615. The van der Waals surface area contributed by atoms with Crippen LogP contribution in [0.4, 0.5) is 5.69 Å². The van der Waals surface area contributed by atoms with Crippen LogP contribution in [-0.4, -0.2) is 25.5 Å². The van der Waals surface area contributed by atoms with Crippen molar-refractivity contribution in [1.82, 2.24) is 0 Å². The topological polar surface area (TPSA) is 55.8 Å². The highest BCUT2D eigenvalue weighted by atomic mass is 35.5. The first-order valence-electron chi connectivity index (χ1n) is 7.49. The number of ether oxygens (including phenoxy) is 2. The smallest absolute Gasteiger partial charge is 0.316 e. The minimum Gasteiger partial charge on any atom is -0.497 e. The van der Waals surface area contributed by atoms with Crippen LogP contribution in [0.1, 0.15) is 6.42 Å². The summed E-state index contributed by atoms with van der Waals surface area (Å²) in [4.78, 5) is 26.1. The van der Waals surface area contributed by atoms with Crippen molar-refractivity contribution in [3.63, 3.8) is 0 Å². The van der Waals surface area contributed by atoms with Crippen LogP contribution >= 0.6 is 11.6 Å². The molecular formula is C18H16ClNO4. The molecule has 3 rings (SSSR count). The minimum absolute atomic E-state index is 0.111. The minimum atomic E-state index is -0.518. The number of esters is 1. The Morgan fingerprint density at radius 1 is 1.12 bits per heavy atom. The summed E-state index contributed by atoms with van der Waals surface area (Å²) < 4.78 is 10.4. The fraction of sp³-hybridized carbons (Fsp3) is 0.222. The molecule has 124 valence electrons. The van der Waals surface area contributed by atoms with E-state index in [0.29, 0.717) is 22.2 Å². The van der Waals surface area contributed by atoms with E-state index in [1.54, 1.807) is 55.6 Å². The summed E-state index contributed by atoms with van der Waals surface area (Å²) in [7, 11) is 1.56. The Hall–Kier alpha value is -2.53. The van der Waals surface area contributed by atoms with Crippen molar-refractivity contribution in [3.05, 3.63) is 53.6 Å². The Balaban J connectivity index is 1.68. The molecule has 1 atom stereocenters. The second kappa shape index (κ2) is 6.93. The van der Waals surface area contributed by atoms with E-state index < -0.39 is 11.9 Å². The first kappa shape index (κ1) is 16.3. The molecule has 0 saturated carbocycles. The highest BCUT2D eigenvalue weighted by Crippen LogP contribution is 2.31. The van der Waals surface area contributed by atoms with Gasteiger partial charge < -0.3 is 14.4 Å². The van der Waals surface area contributed by atoms with E-state index in [0.717, 1.165) is 0 Å². The number of methoxy groups -OCH3 is 1. The zero-order chi connectivity index (χ0) is 17.1. The molecule has 1 heterocycles. The predicted molar refractivity (Wildman–Crippen MR) is 90.5 cm³/mol. The third kappa shape index (κ3) is 3.36. The summed E-state index contributed by atoms with van der Waals surface area (Å²) in [6, 6.07) is 13.8. The number of para-hydroxylation sites is 1. The summed E-state index contributed by atoms with van der Waals surface area (Å²) in [6.07, 6.45) is 0.111. The molecule has 24 heavy (non-hydrogen) atoms. The van der Waals surface area contributed by atoms with Crippen molar-refractivity contribution < 1.29 is 19.1 Å². The first-order chi connectivity index (χ1) is 11.6. The van der Waals surface area contributed by atoms with Crippen molar-refractivity contribution in [1.29, 1.82) is 0 Å². The Morgan fingerprint density at radius 2 is 1.79 bits per heavy atom. The van der Waals surface area contributed by atoms with Crippen molar-refractivity contribution >= 4 is 29.2 Å². The van der Waals surface area contributed by atoms with E-state index >= 15 is 0 Å². The van der Waals surface area contributed by atoms with Crippen LogP contribution in [0.5, 0.6) is 11.5 Å². The van der Waals surface area contributed by atoms with Crippen molar-refractivity contribution in [2.75, 3.05) is 18.6 Å². The Kier molecular flexibility index (Phi) is 4.71. The average molecular weight is 346 g/mol. The number of benzene rings is 2. The molecule has 2 aromatic rings. The van der Waals surface area contributed by atoms with Crippen molar-refractivity contribution in [2.24, 2.45) is 5.92 Å². The average Bonchev–Trinajstić information content (AvgIpc) is 2.98. The molecule has 0 aromatic heterocycles. The molecule has 0 aliphatic carbocycles. The molecule has 0 bridgehead atoms. The standard InChI is InChI=1S/C18H16ClNO4/c1-23-13-6-8-14(9-7-13)24-18(22)12-10-17(21)20(11-12)16-5-3-2-4-15(16)19/h2-9,12H,10-11H2,1H3/t12-/m1/s1. The van der Waals surface area contributed by atoms with Gasteiger partial charge >= 0.3 is 5.97 Å². The number of halogens is 1. The number of amides is 1. The number of rotatable bonds is 4. The van der Waals surface area contributed by atoms with Gasteiger partial charge in [-0.3, -0.25) is 9.59 Å². The number of hydrogen-bond donors (Lipinski definition) is 0. The lowest BCUT2D eigenvalue weighted by Crippen LogP contribution is -2.27. The number of carbonyl (C=O) groups excluding carboxylic acids is 2. The van der Waals surface area contributed by atoms with Gasteiger partial charge in [-0.1, -0.05) is 23.7 Å². The van der Waals surface area contributed by atoms with Gasteiger partial charge in [-0.25, -0.2) is 0 Å². The maximum atomic E-state index is 12.3. The Morgan fingerprint density at radius 3 is 2.46 bits per heavy atom. The number of hydrogen-bond acceptors (Lipinski definition) is 4. The van der Waals surface area contributed by atoms with Crippen LogP contribution < -0.4 is 14.4 Å². The van der Waals surface area contributed by atoms with Crippen LogP contribution in [0.2, 0.25) is 5.02 Å². The lowest BCUT2D eigenvalue weighted by atomic mass is 10.1. The van der Waals surface area contributed by atoms with Crippen LogP contribution in [0, 0.1) is 5.92 Å². The van der Waals surface area contributed by atoms with Gasteiger partial charge in [0, 0.05) is 13.0 Å². The van der Waals surface area contributed by atoms with E-state index in [1.807, 2.05) is 0 Å². The van der Waals surface area contributed by atoms with Gasteiger partial charge in [-0.05, 0) is 36.4 Å². The van der Waals surface area contributed by atoms with Gasteiger partial charge in [0.2, 0.25) is 5.91 Å². The van der Waals surface area contributed by atoms with Gasteiger partial charge in [0.1, 0.15) is 11.5 Å². The van der Waals surface area contributed by atoms with Crippen LogP contribution in [0.15, 0.2) is 48.5 Å². The zero-order valence-corrected chi connectivity index (χ0v) is 13.8. The van der Waals surface area contributed by atoms with E-state index in [2.05, 4.69) is 0 Å². The Bertz CT molecular complexity index is 760. The quantitative estimate of drug-likeness (QED) is 0.630. The summed E-state index contributed by atoms with van der Waals surface area (Å²) in [6.45, 7) is 0.261. The molecule has 0 N–H and O–H groups in total. The molecule has 5 nitrogen and oxygen atoms in total. The second-order valence-electron chi connectivity index (χ2n) is 5.45. The fourth-order valence-corrected chi connectivity index (χ4v) is 2.85. The molecule has 0 unspecified atom stereocenters. The normalized spacial score (nSPS) is 17.0. The summed E-state index contributed by atoms with van der Waals surface area (Å²) in [5.74, 6) is 0.0129. The molecule has 6 heteroatoms. The molecular weight excluding hydrogens is 330 g/mol. The highest BCUT2D eigenvalue weighted by Gasteiger charge is 2.37. The van der Waals surface area contributed by atoms with Gasteiger partial charge in [0.25, 0.3) is 0 Å². The summed E-state index contributed by atoms with van der Waals surface area (Å²) >= 11 is 6.13. The number of nitrogens with zero attached hydrogens (tertiary/aromatic N) is 1. The molecule has 0 radical (unpaired) electrons. The maximum Gasteiger partial charge on any atom is 0.316 e. The SMILES string of the molecule is COc1ccc(OC(=O)[C@@H]2CC(=O)N(c3ccccc3Cl)C2)cc1. The first-order valence-corrected chi connectivity index (χ1v) is 7.87. The van der Waals surface area contributed by atoms with Gasteiger partial charge in [-0.2, -0.15) is 0 Å². The third-order valence-corrected chi connectivity index (χ3v) is 4.20. The lowest BCUT2D eigenvalue weighted by molar-refractivity contribution is -0.139. The lowest BCUT2D eigenvalue weighted by Gasteiger charge is -2.17. The highest BCUT2D eigenvalue weighted by molar-refractivity contribution is 6.33. The largest absolute Gasteiger partial charge is 0.497 e. The molecule has 1 aliphatic heterocycles. The van der Waals surface area contributed by atoms with E-state index in [9.17, 15) is 9.59 Å². The third-order valence-electron chi connectivity index (χ3n) is 3.88. The molecule has 2 aromatic carbocycles. The molecule has 1 aliphatic rings. The van der Waals surface area contributed by atoms with Gasteiger partial charge in [-0.15, -0.1) is 0 Å². The van der Waals surface area contributed by atoms with Crippen molar-refractivity contribution in [2.45, 2.75) is 6.42 Å². The van der Waals surface area contributed by atoms with Crippen molar-refractivity contribution in [3.8, 4) is 11.5 Å². The van der Waals surface area contributed by atoms with Crippen LogP contribution in [-0.2, 0) is 9.59 Å². The molecule has 1 amide bonds. The maximum absolute atomic E-state index is 12.3. The van der Waals surface area contributed by atoms with Gasteiger partial charge in [0.15, 0.2) is 0 Å². The van der Waals surface area contributed by atoms with Crippen LogP contribution in [0.25, 0.3) is 0 Å². The molecule has 1 fully saturated rings. The van der Waals surface area contributed by atoms with Gasteiger partial charge in [0.05, 0.1) is 23.7 Å². The Labute approximate surface area is 144 Å². The monoisotopic (exact) mass is 345 g/mol. The zero-order valence-electron chi connectivity index (χ0n) is 13.1. The van der Waals surface area contributed by atoms with Crippen LogP contribution in [0.3, 0.4) is 0 Å².